The van der Waals surface area contributed by atoms with Crippen LogP contribution in [0.25, 0.3) is 0 Å². The van der Waals surface area contributed by atoms with Crippen molar-refractivity contribution in [2.24, 2.45) is 5.92 Å². The van der Waals surface area contributed by atoms with Crippen LogP contribution < -0.4 is 0 Å². The molecule has 12 heavy (non-hydrogen) atoms. The summed E-state index contributed by atoms with van der Waals surface area (Å²) in [4.78, 5) is 2.63. The highest BCUT2D eigenvalue weighted by atomic mass is 15.2. The first-order chi connectivity index (χ1) is 5.77. The molecule has 70 valence electrons. The van der Waals surface area contributed by atoms with Gasteiger partial charge in [0.2, 0.25) is 0 Å². The van der Waals surface area contributed by atoms with Crippen molar-refractivity contribution in [1.82, 2.24) is 4.90 Å². The summed E-state index contributed by atoms with van der Waals surface area (Å²) in [5.41, 5.74) is 0.666. The summed E-state index contributed by atoms with van der Waals surface area (Å²) in [7, 11) is 2.32. The van der Waals surface area contributed by atoms with Crippen molar-refractivity contribution in [3.05, 3.63) is 0 Å². The van der Waals surface area contributed by atoms with Crippen LogP contribution in [0.3, 0.4) is 0 Å². The lowest BCUT2D eigenvalue weighted by Gasteiger charge is -2.54. The first kappa shape index (κ1) is 8.55. The molecule has 0 amide bonds. The highest BCUT2D eigenvalue weighted by molar-refractivity contribution is 5.00. The molecule has 1 heteroatoms. The molecule has 1 saturated heterocycles. The second-order valence-corrected chi connectivity index (χ2v) is 4.77. The number of hydrogen-bond acceptors (Lipinski definition) is 1. The molecule has 2 rings (SSSR count). The molecule has 0 aromatic heterocycles. The fraction of sp³-hybridized carbons (Fsp3) is 1.00. The highest BCUT2D eigenvalue weighted by Crippen LogP contribution is 2.45. The summed E-state index contributed by atoms with van der Waals surface area (Å²) < 4.78 is 0. The largest absolute Gasteiger partial charge is 0.301 e. The molecule has 1 nitrogen and oxygen atoms in total. The van der Waals surface area contributed by atoms with Gasteiger partial charge in [0, 0.05) is 5.54 Å². The molecule has 1 saturated carbocycles. The van der Waals surface area contributed by atoms with Gasteiger partial charge in [0.15, 0.2) is 0 Å². The molecule has 0 N–H and O–H groups in total. The highest BCUT2D eigenvalue weighted by Gasteiger charge is 2.44. The van der Waals surface area contributed by atoms with Gasteiger partial charge in [-0.1, -0.05) is 13.3 Å². The lowest BCUT2D eigenvalue weighted by atomic mass is 9.67. The summed E-state index contributed by atoms with van der Waals surface area (Å²) >= 11 is 0. The van der Waals surface area contributed by atoms with Gasteiger partial charge in [0.1, 0.15) is 0 Å². The Labute approximate surface area is 76.1 Å². The van der Waals surface area contributed by atoms with Crippen LogP contribution in [-0.4, -0.2) is 24.0 Å². The standard InChI is InChI=1S/C11H21N/c1-3-10-5-8-12(2)11(9-10)6-4-7-11/h10H,3-9H2,1-2H3. The fourth-order valence-electron chi connectivity index (χ4n) is 2.93. The summed E-state index contributed by atoms with van der Waals surface area (Å²) in [6.07, 6.45) is 8.74. The molecular weight excluding hydrogens is 146 g/mol. The van der Waals surface area contributed by atoms with Crippen LogP contribution >= 0.6 is 0 Å². The normalized spacial score (nSPS) is 35.0. The Morgan fingerprint density at radius 2 is 2.17 bits per heavy atom. The van der Waals surface area contributed by atoms with Crippen molar-refractivity contribution >= 4 is 0 Å². The van der Waals surface area contributed by atoms with E-state index in [2.05, 4.69) is 18.9 Å². The molecule has 1 spiro atoms. The smallest absolute Gasteiger partial charge is 0.0209 e. The SMILES string of the molecule is CCC1CCN(C)C2(CCC2)C1. The van der Waals surface area contributed by atoms with Crippen molar-refractivity contribution in [2.45, 2.75) is 51.0 Å². The van der Waals surface area contributed by atoms with E-state index in [1.165, 1.54) is 45.1 Å². The van der Waals surface area contributed by atoms with Crippen LogP contribution in [0.2, 0.25) is 0 Å². The molecule has 2 aliphatic rings. The van der Waals surface area contributed by atoms with Gasteiger partial charge in [0.05, 0.1) is 0 Å². The van der Waals surface area contributed by atoms with Crippen molar-refractivity contribution < 1.29 is 0 Å². The van der Waals surface area contributed by atoms with Crippen LogP contribution in [0, 0.1) is 5.92 Å². The fourth-order valence-corrected chi connectivity index (χ4v) is 2.93. The molecule has 0 aromatic carbocycles. The third kappa shape index (κ3) is 1.19. The van der Waals surface area contributed by atoms with E-state index < -0.39 is 0 Å². The van der Waals surface area contributed by atoms with E-state index in [1.54, 1.807) is 0 Å². The topological polar surface area (TPSA) is 3.24 Å². The van der Waals surface area contributed by atoms with Crippen LogP contribution in [0.4, 0.5) is 0 Å². The third-order valence-corrected chi connectivity index (χ3v) is 4.21. The Morgan fingerprint density at radius 1 is 1.42 bits per heavy atom. The molecule has 2 fully saturated rings. The predicted molar refractivity (Wildman–Crippen MR) is 52.2 cm³/mol. The van der Waals surface area contributed by atoms with Crippen LogP contribution in [0.15, 0.2) is 0 Å². The van der Waals surface area contributed by atoms with Crippen molar-refractivity contribution in [3.63, 3.8) is 0 Å². The minimum atomic E-state index is 0.666. The van der Waals surface area contributed by atoms with E-state index in [-0.39, 0.29) is 0 Å². The average Bonchev–Trinajstić information content (AvgIpc) is 2.03. The molecule has 0 bridgehead atoms. The van der Waals surface area contributed by atoms with Crippen LogP contribution in [0.1, 0.15) is 45.4 Å². The molecular formula is C11H21N. The Morgan fingerprint density at radius 3 is 2.67 bits per heavy atom. The maximum absolute atomic E-state index is 2.63. The summed E-state index contributed by atoms with van der Waals surface area (Å²) in [6.45, 7) is 3.70. The van der Waals surface area contributed by atoms with E-state index in [9.17, 15) is 0 Å². The molecule has 1 aliphatic heterocycles. The van der Waals surface area contributed by atoms with Gasteiger partial charge >= 0.3 is 0 Å². The third-order valence-electron chi connectivity index (χ3n) is 4.21. The summed E-state index contributed by atoms with van der Waals surface area (Å²) in [5.74, 6) is 1.03. The summed E-state index contributed by atoms with van der Waals surface area (Å²) in [5, 5.41) is 0. The minimum absolute atomic E-state index is 0.666. The zero-order valence-electron chi connectivity index (χ0n) is 8.47. The number of likely N-dealkylation sites (tertiary alicyclic amines) is 1. The molecule has 0 radical (unpaired) electrons. The van der Waals surface area contributed by atoms with Crippen molar-refractivity contribution in [1.29, 1.82) is 0 Å². The lowest BCUT2D eigenvalue weighted by Crippen LogP contribution is -2.56. The van der Waals surface area contributed by atoms with Gasteiger partial charge in [0.25, 0.3) is 0 Å². The van der Waals surface area contributed by atoms with Crippen LogP contribution in [-0.2, 0) is 0 Å². The number of nitrogens with zero attached hydrogens (tertiary/aromatic N) is 1. The van der Waals surface area contributed by atoms with E-state index in [1.807, 2.05) is 0 Å². The quantitative estimate of drug-likeness (QED) is 0.580. The molecule has 1 unspecified atom stereocenters. The van der Waals surface area contributed by atoms with Gasteiger partial charge in [-0.05, 0) is 51.6 Å². The second kappa shape index (κ2) is 3.02. The van der Waals surface area contributed by atoms with Gasteiger partial charge in [-0.3, -0.25) is 0 Å². The van der Waals surface area contributed by atoms with E-state index in [4.69, 9.17) is 0 Å². The van der Waals surface area contributed by atoms with Gasteiger partial charge in [-0.2, -0.15) is 0 Å². The Hall–Kier alpha value is -0.0400. The van der Waals surface area contributed by atoms with Gasteiger partial charge in [-0.15, -0.1) is 0 Å². The Bertz CT molecular complexity index is 160. The molecule has 1 aliphatic carbocycles. The zero-order valence-corrected chi connectivity index (χ0v) is 8.47. The Kier molecular flexibility index (Phi) is 2.16. The maximum Gasteiger partial charge on any atom is 0.0209 e. The van der Waals surface area contributed by atoms with Gasteiger partial charge in [-0.25, -0.2) is 0 Å². The lowest BCUT2D eigenvalue weighted by molar-refractivity contribution is -0.0199. The second-order valence-electron chi connectivity index (χ2n) is 4.77. The Balaban J connectivity index is 2.00. The minimum Gasteiger partial charge on any atom is -0.301 e. The first-order valence-electron chi connectivity index (χ1n) is 5.48. The first-order valence-corrected chi connectivity index (χ1v) is 5.48. The van der Waals surface area contributed by atoms with E-state index in [0.29, 0.717) is 5.54 Å². The predicted octanol–water partition coefficient (Wildman–Crippen LogP) is 2.66. The van der Waals surface area contributed by atoms with Gasteiger partial charge < -0.3 is 4.90 Å². The molecule has 0 aromatic rings. The number of rotatable bonds is 1. The van der Waals surface area contributed by atoms with Crippen molar-refractivity contribution in [3.8, 4) is 0 Å². The average molecular weight is 167 g/mol. The van der Waals surface area contributed by atoms with E-state index in [0.717, 1.165) is 5.92 Å². The number of piperidine rings is 1. The zero-order chi connectivity index (χ0) is 8.60. The monoisotopic (exact) mass is 167 g/mol. The number of hydrogen-bond donors (Lipinski definition) is 0. The molecule has 1 heterocycles. The maximum atomic E-state index is 2.63. The van der Waals surface area contributed by atoms with E-state index >= 15 is 0 Å². The summed E-state index contributed by atoms with van der Waals surface area (Å²) in [6, 6.07) is 0. The van der Waals surface area contributed by atoms with Crippen molar-refractivity contribution in [2.75, 3.05) is 13.6 Å². The molecule has 1 atom stereocenters. The van der Waals surface area contributed by atoms with Crippen LogP contribution in [0.5, 0.6) is 0 Å².